The molecule has 0 saturated heterocycles. The lowest BCUT2D eigenvalue weighted by molar-refractivity contribution is 0.225. The van der Waals surface area contributed by atoms with Crippen molar-refractivity contribution in [1.29, 1.82) is 0 Å². The molecule has 0 saturated carbocycles. The smallest absolute Gasteiger partial charge is 0.251 e. The maximum Gasteiger partial charge on any atom is 0.251 e. The van der Waals surface area contributed by atoms with Crippen LogP contribution in [0.5, 0.6) is 5.61 Å². The van der Waals surface area contributed by atoms with Crippen molar-refractivity contribution in [3.05, 3.63) is 24.4 Å². The van der Waals surface area contributed by atoms with Gasteiger partial charge in [0.2, 0.25) is 5.61 Å². The van der Waals surface area contributed by atoms with E-state index in [0.717, 1.165) is 5.61 Å². The Morgan fingerprint density at radius 2 is 1.36 bits per heavy atom. The molecule has 0 N–H and O–H groups in total. The van der Waals surface area contributed by atoms with E-state index in [0.29, 0.717) is 24.2 Å². The van der Waals surface area contributed by atoms with Crippen LogP contribution < -0.4 is 4.52 Å². The van der Waals surface area contributed by atoms with Crippen molar-refractivity contribution >= 4 is 29.4 Å². The van der Waals surface area contributed by atoms with Gasteiger partial charge in [0.25, 0.3) is 8.45 Å². The number of hydrogen-bond acceptors (Lipinski definition) is 3. The average molecular weight is 399 g/mol. The van der Waals surface area contributed by atoms with Crippen LogP contribution in [-0.4, -0.2) is 37.9 Å². The maximum absolute atomic E-state index is 6.78. The van der Waals surface area contributed by atoms with Crippen molar-refractivity contribution in [2.24, 2.45) is 0 Å². The molecule has 0 aromatic carbocycles. The normalized spacial score (nSPS) is 13.6. The van der Waals surface area contributed by atoms with E-state index in [-0.39, 0.29) is 0 Å². The van der Waals surface area contributed by atoms with Crippen molar-refractivity contribution in [2.45, 2.75) is 79.6 Å². The zero-order chi connectivity index (χ0) is 18.7. The van der Waals surface area contributed by atoms with Gasteiger partial charge in [-0.15, -0.1) is 0 Å². The van der Waals surface area contributed by atoms with Gasteiger partial charge < -0.3 is 4.52 Å². The highest BCUT2D eigenvalue weighted by atomic mass is 31.8. The summed E-state index contributed by atoms with van der Waals surface area (Å²) in [5.74, 6) is 0. The predicted octanol–water partition coefficient (Wildman–Crippen LogP) is 6.94. The topological polar surface area (TPSA) is 20.1 Å². The molecular formula is C18H32N3OP3. The van der Waals surface area contributed by atoms with Crippen molar-refractivity contribution < 1.29 is 4.52 Å². The SMILES string of the molecule is CC(C)N(C(C)C)P(Oc1ppc2ccccn12)N(C(C)C)C(C)C. The minimum absolute atomic E-state index is 0.433. The molecule has 0 fully saturated rings. The Kier molecular flexibility index (Phi) is 7.68. The lowest BCUT2D eigenvalue weighted by Crippen LogP contribution is -2.44. The molecule has 0 aliphatic rings. The minimum atomic E-state index is -0.883. The molecule has 0 aliphatic carbocycles. The van der Waals surface area contributed by atoms with Crippen molar-refractivity contribution in [3.63, 3.8) is 0 Å². The quantitative estimate of drug-likeness (QED) is 0.448. The van der Waals surface area contributed by atoms with E-state index < -0.39 is 8.45 Å². The molecule has 25 heavy (non-hydrogen) atoms. The molecule has 0 radical (unpaired) electrons. The zero-order valence-electron chi connectivity index (χ0n) is 16.7. The van der Waals surface area contributed by atoms with Gasteiger partial charge in [-0.05, 0) is 75.4 Å². The second-order valence-electron chi connectivity index (χ2n) is 7.39. The summed E-state index contributed by atoms with van der Waals surface area (Å²) in [5, 5.41) is 1.30. The summed E-state index contributed by atoms with van der Waals surface area (Å²) in [4.78, 5) is 0. The molecule has 2 aromatic heterocycles. The molecule has 0 spiro atoms. The van der Waals surface area contributed by atoms with Crippen molar-refractivity contribution in [3.8, 4) is 5.61 Å². The lowest BCUT2D eigenvalue weighted by atomic mass is 10.3. The summed E-state index contributed by atoms with van der Waals surface area (Å²) in [5.41, 5.74) is 1.06. The van der Waals surface area contributed by atoms with Crippen LogP contribution in [0.4, 0.5) is 0 Å². The highest BCUT2D eigenvalue weighted by Gasteiger charge is 2.36. The van der Waals surface area contributed by atoms with Crippen LogP contribution in [0, 0.1) is 0 Å². The molecule has 0 bridgehead atoms. The Morgan fingerprint density at radius 1 is 0.840 bits per heavy atom. The highest BCUT2D eigenvalue weighted by Crippen LogP contribution is 2.53. The molecule has 4 nitrogen and oxygen atoms in total. The van der Waals surface area contributed by atoms with E-state index in [9.17, 15) is 0 Å². The number of pyridine rings is 1. The second kappa shape index (κ2) is 9.12. The van der Waals surface area contributed by atoms with Crippen LogP contribution >= 0.6 is 24.2 Å². The Balaban J connectivity index is 2.46. The molecule has 7 heteroatoms. The maximum atomic E-state index is 6.78. The molecule has 0 amide bonds. The van der Waals surface area contributed by atoms with Crippen LogP contribution in [0.3, 0.4) is 0 Å². The Hall–Kier alpha value is -0.230. The van der Waals surface area contributed by atoms with Gasteiger partial charge in [-0.1, -0.05) is 6.07 Å². The number of fused-ring (bicyclic) bond motifs is 1. The highest BCUT2D eigenvalue weighted by molar-refractivity contribution is 7.93. The number of hydrogen-bond donors (Lipinski definition) is 0. The summed E-state index contributed by atoms with van der Waals surface area (Å²) in [6, 6.07) is 8.09. The van der Waals surface area contributed by atoms with Crippen LogP contribution in [0.2, 0.25) is 0 Å². The summed E-state index contributed by atoms with van der Waals surface area (Å²) in [6.45, 7) is 18.2. The van der Waals surface area contributed by atoms with Gasteiger partial charge in [-0.3, -0.25) is 4.40 Å². The van der Waals surface area contributed by atoms with Crippen molar-refractivity contribution in [1.82, 2.24) is 13.7 Å². The predicted molar refractivity (Wildman–Crippen MR) is 114 cm³/mol. The van der Waals surface area contributed by atoms with Gasteiger partial charge >= 0.3 is 0 Å². The summed E-state index contributed by atoms with van der Waals surface area (Å²) < 4.78 is 14.1. The van der Waals surface area contributed by atoms with Gasteiger partial charge in [0.15, 0.2) is 0 Å². The molecule has 2 aromatic rings. The first kappa shape index (κ1) is 21.1. The standard InChI is InChI=1S/C18H32N3OP3/c1-13(2)20(14(3)4)25(21(15(5)6)16(7)8)22-18-19-12-10-9-11-17(19)23-24-18/h9-16H,1-8H3. The average Bonchev–Trinajstić information content (AvgIpc) is 2.89. The fourth-order valence-corrected chi connectivity index (χ4v) is 8.37. The first-order chi connectivity index (χ1) is 11.7. The van der Waals surface area contributed by atoms with Gasteiger partial charge in [-0.2, -0.15) is 0 Å². The van der Waals surface area contributed by atoms with E-state index in [1.54, 1.807) is 0 Å². The van der Waals surface area contributed by atoms with E-state index >= 15 is 0 Å². The number of nitrogens with zero attached hydrogens (tertiary/aromatic N) is 3. The Bertz CT molecular complexity index is 636. The number of rotatable bonds is 8. The minimum Gasteiger partial charge on any atom is -0.423 e. The fraction of sp³-hybridized carbons (Fsp3) is 0.667. The molecule has 0 aliphatic heterocycles. The van der Waals surface area contributed by atoms with Crippen LogP contribution in [0.25, 0.3) is 5.25 Å². The van der Waals surface area contributed by atoms with Gasteiger partial charge in [0.05, 0.1) is 5.25 Å². The summed E-state index contributed by atoms with van der Waals surface area (Å²) in [6.07, 6.45) is 2.12. The summed E-state index contributed by atoms with van der Waals surface area (Å²) in [7, 11) is 1.64. The fourth-order valence-electron chi connectivity index (χ4n) is 3.15. The van der Waals surface area contributed by atoms with Crippen LogP contribution in [0.15, 0.2) is 24.4 Å². The molecule has 0 atom stereocenters. The largest absolute Gasteiger partial charge is 0.423 e. The first-order valence-electron chi connectivity index (χ1n) is 9.08. The van der Waals surface area contributed by atoms with Crippen LogP contribution in [-0.2, 0) is 0 Å². The zero-order valence-corrected chi connectivity index (χ0v) is 19.4. The monoisotopic (exact) mass is 399 g/mol. The summed E-state index contributed by atoms with van der Waals surface area (Å²) >= 11 is 0. The van der Waals surface area contributed by atoms with Gasteiger partial charge in [-0.25, -0.2) is 9.34 Å². The first-order valence-corrected chi connectivity index (χ1v) is 12.7. The molecule has 2 heterocycles. The molecule has 2 rings (SSSR count). The number of aromatic nitrogens is 1. The van der Waals surface area contributed by atoms with E-state index in [1.165, 1.54) is 21.0 Å². The van der Waals surface area contributed by atoms with Crippen LogP contribution in [0.1, 0.15) is 55.4 Å². The van der Waals surface area contributed by atoms with Crippen molar-refractivity contribution in [2.75, 3.05) is 0 Å². The Morgan fingerprint density at radius 3 is 1.84 bits per heavy atom. The lowest BCUT2D eigenvalue weighted by Gasteiger charge is -2.44. The van der Waals surface area contributed by atoms with E-state index in [4.69, 9.17) is 4.52 Å². The van der Waals surface area contributed by atoms with E-state index in [1.807, 2.05) is 0 Å². The van der Waals surface area contributed by atoms with Gasteiger partial charge in [0.1, 0.15) is 0 Å². The third-order valence-electron chi connectivity index (χ3n) is 3.96. The molecule has 140 valence electrons. The second-order valence-corrected chi connectivity index (χ2v) is 11.4. The molecular weight excluding hydrogens is 367 g/mol. The third-order valence-corrected chi connectivity index (χ3v) is 9.65. The van der Waals surface area contributed by atoms with Gasteiger partial charge in [0, 0.05) is 38.2 Å². The third kappa shape index (κ3) is 4.94. The molecule has 0 unspecified atom stereocenters. The Labute approximate surface area is 157 Å². The van der Waals surface area contributed by atoms with E-state index in [2.05, 4.69) is 93.5 Å².